The van der Waals surface area contributed by atoms with E-state index in [0.29, 0.717) is 17.8 Å². The van der Waals surface area contributed by atoms with Gasteiger partial charge >= 0.3 is 7.32 Å². The van der Waals surface area contributed by atoms with Gasteiger partial charge in [-0.15, -0.1) is 0 Å². The Morgan fingerprint density at radius 2 is 0.633 bits per heavy atom. The van der Waals surface area contributed by atoms with Gasteiger partial charge in [0.05, 0.1) is 0 Å². The Morgan fingerprint density at radius 1 is 0.388 bits per heavy atom. The fourth-order valence-electron chi connectivity index (χ4n) is 9.44. The third-order valence-corrected chi connectivity index (χ3v) is 12.4. The normalized spacial score (nSPS) is 25.8. The van der Waals surface area contributed by atoms with E-state index in [9.17, 15) is 0 Å². The first kappa shape index (κ1) is 35.9. The van der Waals surface area contributed by atoms with Crippen LogP contribution in [0.2, 0.25) is 0 Å². The van der Waals surface area contributed by atoms with Crippen molar-refractivity contribution in [1.29, 1.82) is 0 Å². The Bertz CT molecular complexity index is 1180. The standard InChI is InChI=1S/C45H63BO3/c1-4-7-34-10-16-37(17-11-34)40-22-28-43(29-23-40)47-46(48-44-30-24-41(25-31-44)38-18-12-35(8-5-2)13-19-38)49-45-32-26-42(27-33-45)39-20-14-36(9-6-3)15-21-39/h22-39H,4-21H2,1-3H3. The molecule has 3 aromatic carbocycles. The van der Waals surface area contributed by atoms with Crippen molar-refractivity contribution in [3.05, 3.63) is 89.5 Å². The lowest BCUT2D eigenvalue weighted by Crippen LogP contribution is -2.37. The van der Waals surface area contributed by atoms with Gasteiger partial charge in [-0.1, -0.05) is 95.7 Å². The second-order valence-electron chi connectivity index (χ2n) is 15.9. The molecule has 0 heterocycles. The molecule has 6 rings (SSSR count). The smallest absolute Gasteiger partial charge is 0.490 e. The molecule has 264 valence electrons. The highest BCUT2D eigenvalue weighted by Crippen LogP contribution is 2.40. The third-order valence-electron chi connectivity index (χ3n) is 12.4. The molecule has 4 heteroatoms. The summed E-state index contributed by atoms with van der Waals surface area (Å²) in [7, 11) is -0.888. The maximum Gasteiger partial charge on any atom is 0.864 e. The molecule has 0 radical (unpaired) electrons. The monoisotopic (exact) mass is 662 g/mol. The molecule has 0 saturated heterocycles. The van der Waals surface area contributed by atoms with Gasteiger partial charge in [-0.05, 0) is 166 Å². The first-order valence-electron chi connectivity index (χ1n) is 20.4. The van der Waals surface area contributed by atoms with Gasteiger partial charge in [0, 0.05) is 0 Å². The van der Waals surface area contributed by atoms with E-state index in [0.717, 1.165) is 35.0 Å². The zero-order valence-corrected chi connectivity index (χ0v) is 30.9. The van der Waals surface area contributed by atoms with Crippen molar-refractivity contribution in [2.24, 2.45) is 17.8 Å². The van der Waals surface area contributed by atoms with Crippen molar-refractivity contribution in [3.8, 4) is 17.2 Å². The largest absolute Gasteiger partial charge is 0.864 e. The molecule has 0 aromatic heterocycles. The molecule has 3 saturated carbocycles. The highest BCUT2D eigenvalue weighted by Gasteiger charge is 2.31. The quantitative estimate of drug-likeness (QED) is 0.152. The Labute approximate surface area is 299 Å². The summed E-state index contributed by atoms with van der Waals surface area (Å²) in [5.74, 6) is 7.05. The van der Waals surface area contributed by atoms with Gasteiger partial charge in [-0.2, -0.15) is 0 Å². The number of hydrogen-bond acceptors (Lipinski definition) is 3. The zero-order chi connectivity index (χ0) is 33.8. The lowest BCUT2D eigenvalue weighted by Gasteiger charge is -2.29. The zero-order valence-electron chi connectivity index (χ0n) is 30.9. The summed E-state index contributed by atoms with van der Waals surface area (Å²) >= 11 is 0. The molecule has 0 unspecified atom stereocenters. The Balaban J connectivity index is 1.10. The number of benzene rings is 3. The van der Waals surface area contributed by atoms with Crippen LogP contribution >= 0.6 is 0 Å². The number of hydrogen-bond donors (Lipinski definition) is 0. The van der Waals surface area contributed by atoms with Crippen molar-refractivity contribution < 1.29 is 14.0 Å². The second-order valence-corrected chi connectivity index (χ2v) is 15.9. The van der Waals surface area contributed by atoms with Crippen molar-refractivity contribution >= 4 is 7.32 Å². The average Bonchev–Trinajstić information content (AvgIpc) is 3.14. The summed E-state index contributed by atoms with van der Waals surface area (Å²) in [6.07, 6.45) is 24.0. The van der Waals surface area contributed by atoms with Crippen molar-refractivity contribution in [3.63, 3.8) is 0 Å². The van der Waals surface area contributed by atoms with Gasteiger partial charge in [-0.3, -0.25) is 0 Å². The van der Waals surface area contributed by atoms with Gasteiger partial charge in [-0.25, -0.2) is 0 Å². The van der Waals surface area contributed by atoms with Gasteiger partial charge in [0.2, 0.25) is 0 Å². The Hall–Kier alpha value is -2.88. The van der Waals surface area contributed by atoms with Crippen molar-refractivity contribution in [2.45, 2.75) is 154 Å². The van der Waals surface area contributed by atoms with Gasteiger partial charge < -0.3 is 14.0 Å². The molecular formula is C45H63BO3. The summed E-state index contributed by atoms with van der Waals surface area (Å²) in [6, 6.07) is 26.1. The minimum atomic E-state index is -0.888. The van der Waals surface area contributed by atoms with Gasteiger partial charge in [0.25, 0.3) is 0 Å². The van der Waals surface area contributed by atoms with Crippen LogP contribution in [0.1, 0.15) is 171 Å². The van der Waals surface area contributed by atoms with Crippen LogP contribution in [-0.2, 0) is 0 Å². The molecule has 3 nitrogen and oxygen atoms in total. The average molecular weight is 663 g/mol. The summed E-state index contributed by atoms with van der Waals surface area (Å²) < 4.78 is 19.3. The summed E-state index contributed by atoms with van der Waals surface area (Å²) in [6.45, 7) is 6.94. The van der Waals surface area contributed by atoms with Crippen LogP contribution in [0.15, 0.2) is 72.8 Å². The van der Waals surface area contributed by atoms with E-state index in [1.807, 2.05) is 0 Å². The molecule has 0 spiro atoms. The molecule has 49 heavy (non-hydrogen) atoms. The van der Waals surface area contributed by atoms with Gasteiger partial charge in [0.1, 0.15) is 17.2 Å². The summed E-state index contributed by atoms with van der Waals surface area (Å²) in [4.78, 5) is 0. The SMILES string of the molecule is CCCC1CCC(c2ccc(OB(Oc3ccc(C4CCC(CCC)CC4)cc3)Oc3ccc(C4CCC(CCC)CC4)cc3)cc2)CC1. The topological polar surface area (TPSA) is 27.7 Å². The van der Waals surface area contributed by atoms with E-state index in [2.05, 4.69) is 93.6 Å². The summed E-state index contributed by atoms with van der Waals surface area (Å²) in [5, 5.41) is 0. The van der Waals surface area contributed by atoms with Gasteiger partial charge in [0.15, 0.2) is 0 Å². The lowest BCUT2D eigenvalue weighted by molar-refractivity contribution is 0.303. The molecule has 3 fully saturated rings. The summed E-state index contributed by atoms with van der Waals surface area (Å²) in [5.41, 5.74) is 4.29. The van der Waals surface area contributed by atoms with Crippen molar-refractivity contribution in [2.75, 3.05) is 0 Å². The van der Waals surface area contributed by atoms with E-state index < -0.39 is 7.32 Å². The molecule has 0 N–H and O–H groups in total. The maximum absolute atomic E-state index is 6.43. The predicted octanol–water partition coefficient (Wildman–Crippen LogP) is 13.4. The highest BCUT2D eigenvalue weighted by atomic mass is 16.7. The molecule has 0 aliphatic heterocycles. The Kier molecular flexibility index (Phi) is 13.5. The first-order chi connectivity index (χ1) is 24.1. The van der Waals surface area contributed by atoms with E-state index in [1.54, 1.807) is 0 Å². The van der Waals surface area contributed by atoms with Crippen LogP contribution in [0.3, 0.4) is 0 Å². The van der Waals surface area contributed by atoms with E-state index in [4.69, 9.17) is 14.0 Å². The molecular weight excluding hydrogens is 599 g/mol. The van der Waals surface area contributed by atoms with Crippen LogP contribution in [0, 0.1) is 17.8 Å². The van der Waals surface area contributed by atoms with E-state index >= 15 is 0 Å². The highest BCUT2D eigenvalue weighted by molar-refractivity contribution is 6.39. The minimum absolute atomic E-state index is 0.658. The maximum atomic E-state index is 6.43. The fourth-order valence-corrected chi connectivity index (χ4v) is 9.44. The van der Waals surface area contributed by atoms with Crippen LogP contribution in [0.5, 0.6) is 17.2 Å². The lowest BCUT2D eigenvalue weighted by atomic mass is 9.77. The molecule has 3 aromatic rings. The van der Waals surface area contributed by atoms with Crippen molar-refractivity contribution in [1.82, 2.24) is 0 Å². The van der Waals surface area contributed by atoms with Crippen LogP contribution < -0.4 is 14.0 Å². The number of rotatable bonds is 15. The van der Waals surface area contributed by atoms with Crippen LogP contribution in [-0.4, -0.2) is 7.32 Å². The second kappa shape index (κ2) is 18.4. The molecule has 0 amide bonds. The first-order valence-corrected chi connectivity index (χ1v) is 20.4. The van der Waals surface area contributed by atoms with Crippen LogP contribution in [0.4, 0.5) is 0 Å². The third kappa shape index (κ3) is 10.3. The van der Waals surface area contributed by atoms with E-state index in [1.165, 1.54) is 132 Å². The van der Waals surface area contributed by atoms with E-state index in [-0.39, 0.29) is 0 Å². The minimum Gasteiger partial charge on any atom is -0.490 e. The predicted molar refractivity (Wildman–Crippen MR) is 206 cm³/mol. The molecule has 3 aliphatic rings. The Morgan fingerprint density at radius 3 is 0.857 bits per heavy atom. The molecule has 3 aliphatic carbocycles. The fraction of sp³-hybridized carbons (Fsp3) is 0.600. The molecule has 0 bridgehead atoms. The molecule has 0 atom stereocenters. The van der Waals surface area contributed by atoms with Crippen LogP contribution in [0.25, 0.3) is 0 Å².